The van der Waals surface area contributed by atoms with Gasteiger partial charge in [-0.3, -0.25) is 15.0 Å². The van der Waals surface area contributed by atoms with Gasteiger partial charge in [0, 0.05) is 18.9 Å². The van der Waals surface area contributed by atoms with Gasteiger partial charge in [0.15, 0.2) is 0 Å². The molecular weight excluding hydrogens is 318 g/mol. The van der Waals surface area contributed by atoms with Crippen molar-refractivity contribution >= 4 is 28.5 Å². The summed E-state index contributed by atoms with van der Waals surface area (Å²) in [7, 11) is 1.57. The van der Waals surface area contributed by atoms with Gasteiger partial charge in [0.25, 0.3) is 5.91 Å². The molecule has 2 N–H and O–H groups in total. The van der Waals surface area contributed by atoms with E-state index in [-0.39, 0.29) is 5.56 Å². The summed E-state index contributed by atoms with van der Waals surface area (Å²) < 4.78 is 7.18. The quantitative estimate of drug-likeness (QED) is 0.569. The Kier molecular flexibility index (Phi) is 4.18. The van der Waals surface area contributed by atoms with E-state index in [1.807, 2.05) is 29.0 Å². The number of nitrogens with zero attached hydrogens (tertiary/aromatic N) is 2. The van der Waals surface area contributed by atoms with Gasteiger partial charge in [-0.1, -0.05) is 17.7 Å². The molecule has 1 aromatic carbocycles. The van der Waals surface area contributed by atoms with Crippen molar-refractivity contribution in [1.82, 2.24) is 15.0 Å². The van der Waals surface area contributed by atoms with Crippen molar-refractivity contribution in [2.75, 3.05) is 7.11 Å². The lowest BCUT2D eigenvalue weighted by molar-refractivity contribution is 0.0706. The lowest BCUT2D eigenvalue weighted by Crippen LogP contribution is -2.18. The first kappa shape index (κ1) is 15.3. The van der Waals surface area contributed by atoms with Crippen LogP contribution in [0.2, 0.25) is 5.02 Å². The molecule has 0 aliphatic heterocycles. The summed E-state index contributed by atoms with van der Waals surface area (Å²) in [5.41, 5.74) is 4.45. The second-order valence-corrected chi connectivity index (χ2v) is 5.39. The van der Waals surface area contributed by atoms with E-state index >= 15 is 0 Å². The van der Waals surface area contributed by atoms with Crippen molar-refractivity contribution in [3.8, 4) is 5.75 Å². The molecule has 3 aromatic rings. The van der Waals surface area contributed by atoms with Crippen molar-refractivity contribution in [2.24, 2.45) is 0 Å². The second kappa shape index (κ2) is 6.28. The molecular formula is C16H14ClN3O3. The Morgan fingerprint density at radius 2 is 2.22 bits per heavy atom. The number of fused-ring (bicyclic) bond motifs is 1. The highest BCUT2D eigenvalue weighted by molar-refractivity contribution is 6.32. The van der Waals surface area contributed by atoms with Crippen LogP contribution in [-0.4, -0.2) is 27.8 Å². The zero-order chi connectivity index (χ0) is 16.4. The van der Waals surface area contributed by atoms with Crippen LogP contribution in [0.5, 0.6) is 5.75 Å². The van der Waals surface area contributed by atoms with Gasteiger partial charge in [-0.2, -0.15) is 0 Å². The van der Waals surface area contributed by atoms with Crippen LogP contribution in [0, 0.1) is 0 Å². The summed E-state index contributed by atoms with van der Waals surface area (Å²) in [6.07, 6.45) is 3.31. The number of benzene rings is 1. The number of ether oxygens (including phenoxy) is 1. The Hall–Kier alpha value is -2.57. The molecule has 1 amide bonds. The summed E-state index contributed by atoms with van der Waals surface area (Å²) in [5, 5.41) is 9.29. The summed E-state index contributed by atoms with van der Waals surface area (Å²) in [6, 6.07) is 9.11. The number of halogens is 1. The summed E-state index contributed by atoms with van der Waals surface area (Å²) in [5.74, 6) is 0.0133. The maximum Gasteiger partial charge on any atom is 0.276 e. The molecule has 0 atom stereocenters. The number of carbonyl (C=O) groups is 1. The molecule has 118 valence electrons. The highest BCUT2D eigenvalue weighted by Gasteiger charge is 2.10. The topological polar surface area (TPSA) is 76.4 Å². The molecule has 7 heteroatoms. The zero-order valence-electron chi connectivity index (χ0n) is 12.3. The number of hydroxylamine groups is 1. The van der Waals surface area contributed by atoms with Crippen LogP contribution in [0.15, 0.2) is 42.7 Å². The summed E-state index contributed by atoms with van der Waals surface area (Å²) in [6.45, 7) is 0.572. The van der Waals surface area contributed by atoms with Gasteiger partial charge in [-0.25, -0.2) is 5.48 Å². The van der Waals surface area contributed by atoms with Crippen molar-refractivity contribution in [3.05, 3.63) is 58.9 Å². The molecule has 0 bridgehead atoms. The van der Waals surface area contributed by atoms with Gasteiger partial charge in [0.2, 0.25) is 0 Å². The van der Waals surface area contributed by atoms with E-state index < -0.39 is 5.91 Å². The maximum atomic E-state index is 11.5. The second-order valence-electron chi connectivity index (χ2n) is 4.98. The molecule has 2 aromatic heterocycles. The first-order valence-electron chi connectivity index (χ1n) is 6.84. The van der Waals surface area contributed by atoms with Gasteiger partial charge in [0.05, 0.1) is 28.7 Å². The first-order valence-corrected chi connectivity index (χ1v) is 7.22. The van der Waals surface area contributed by atoms with Crippen LogP contribution in [0.1, 0.15) is 15.9 Å². The van der Waals surface area contributed by atoms with Crippen LogP contribution in [0.4, 0.5) is 0 Å². The van der Waals surface area contributed by atoms with Gasteiger partial charge in [-0.05, 0) is 29.8 Å². The molecule has 6 nitrogen and oxygen atoms in total. The average Bonchev–Trinajstić information content (AvgIpc) is 2.98. The molecule has 0 fully saturated rings. The SMILES string of the molecule is COc1cc(Cn2ccc3ncc(C(=O)NO)cc32)ccc1Cl. The van der Waals surface area contributed by atoms with Crippen LogP contribution < -0.4 is 10.2 Å². The Morgan fingerprint density at radius 1 is 1.39 bits per heavy atom. The van der Waals surface area contributed by atoms with Gasteiger partial charge in [-0.15, -0.1) is 0 Å². The molecule has 0 saturated carbocycles. The number of carbonyl (C=O) groups excluding carboxylic acids is 1. The Labute approximate surface area is 137 Å². The molecule has 2 heterocycles. The third-order valence-corrected chi connectivity index (χ3v) is 3.86. The minimum Gasteiger partial charge on any atom is -0.495 e. The van der Waals surface area contributed by atoms with Crippen molar-refractivity contribution in [2.45, 2.75) is 6.54 Å². The van der Waals surface area contributed by atoms with E-state index in [0.29, 0.717) is 17.3 Å². The van der Waals surface area contributed by atoms with Crippen molar-refractivity contribution in [1.29, 1.82) is 0 Å². The molecule has 23 heavy (non-hydrogen) atoms. The number of pyridine rings is 1. The van der Waals surface area contributed by atoms with Gasteiger partial charge >= 0.3 is 0 Å². The van der Waals surface area contributed by atoms with E-state index in [1.165, 1.54) is 6.20 Å². The molecule has 0 aliphatic carbocycles. The number of hydrogen-bond acceptors (Lipinski definition) is 4. The normalized spacial score (nSPS) is 10.7. The smallest absolute Gasteiger partial charge is 0.276 e. The van der Waals surface area contributed by atoms with Crippen LogP contribution in [-0.2, 0) is 6.54 Å². The average molecular weight is 332 g/mol. The number of amides is 1. The van der Waals surface area contributed by atoms with Gasteiger partial charge in [0.1, 0.15) is 5.75 Å². The predicted octanol–water partition coefficient (Wildman–Crippen LogP) is 2.87. The number of methoxy groups -OCH3 is 1. The molecule has 0 aliphatic rings. The number of hydrogen-bond donors (Lipinski definition) is 2. The van der Waals surface area contributed by atoms with Crippen LogP contribution in [0.3, 0.4) is 0 Å². The molecule has 0 saturated heterocycles. The third-order valence-electron chi connectivity index (χ3n) is 3.55. The lowest BCUT2D eigenvalue weighted by Gasteiger charge is -2.09. The maximum absolute atomic E-state index is 11.5. The van der Waals surface area contributed by atoms with E-state index in [2.05, 4.69) is 4.98 Å². The zero-order valence-corrected chi connectivity index (χ0v) is 13.0. The lowest BCUT2D eigenvalue weighted by atomic mass is 10.2. The molecule has 0 spiro atoms. The Morgan fingerprint density at radius 3 is 2.96 bits per heavy atom. The largest absolute Gasteiger partial charge is 0.495 e. The number of aromatic nitrogens is 2. The van der Waals surface area contributed by atoms with Crippen LogP contribution in [0.25, 0.3) is 11.0 Å². The Bertz CT molecular complexity index is 876. The van der Waals surface area contributed by atoms with E-state index in [0.717, 1.165) is 16.6 Å². The van der Waals surface area contributed by atoms with Crippen molar-refractivity contribution < 1.29 is 14.7 Å². The summed E-state index contributed by atoms with van der Waals surface area (Å²) in [4.78, 5) is 15.7. The third kappa shape index (κ3) is 2.99. The minimum absolute atomic E-state index is 0.286. The van der Waals surface area contributed by atoms with Gasteiger partial charge < -0.3 is 9.30 Å². The molecule has 3 rings (SSSR count). The Balaban J connectivity index is 1.98. The fourth-order valence-corrected chi connectivity index (χ4v) is 2.58. The number of rotatable bonds is 4. The van der Waals surface area contributed by atoms with E-state index in [4.69, 9.17) is 21.5 Å². The number of nitrogens with one attached hydrogen (secondary N) is 1. The fraction of sp³-hybridized carbons (Fsp3) is 0.125. The van der Waals surface area contributed by atoms with Crippen molar-refractivity contribution in [3.63, 3.8) is 0 Å². The molecule has 0 radical (unpaired) electrons. The first-order chi connectivity index (χ1) is 11.1. The predicted molar refractivity (Wildman–Crippen MR) is 86.1 cm³/mol. The van der Waals surface area contributed by atoms with E-state index in [1.54, 1.807) is 24.7 Å². The highest BCUT2D eigenvalue weighted by atomic mass is 35.5. The monoisotopic (exact) mass is 331 g/mol. The fourth-order valence-electron chi connectivity index (χ4n) is 2.39. The highest BCUT2D eigenvalue weighted by Crippen LogP contribution is 2.26. The standard InChI is InChI=1S/C16H14ClN3O3/c1-23-15-6-10(2-3-12(15)17)9-20-5-4-13-14(20)7-11(8-18-13)16(21)19-22/h2-8,22H,9H2,1H3,(H,19,21). The minimum atomic E-state index is -0.597. The van der Waals surface area contributed by atoms with Crippen LogP contribution >= 0.6 is 11.6 Å². The molecule has 0 unspecified atom stereocenters. The summed E-state index contributed by atoms with van der Waals surface area (Å²) >= 11 is 6.03. The van der Waals surface area contributed by atoms with E-state index in [9.17, 15) is 4.79 Å².